The van der Waals surface area contributed by atoms with Crippen molar-refractivity contribution in [1.29, 1.82) is 0 Å². The van der Waals surface area contributed by atoms with Gasteiger partial charge in [-0.1, -0.05) is 23.8 Å². The molecule has 0 bridgehead atoms. The summed E-state index contributed by atoms with van der Waals surface area (Å²) in [6.45, 7) is 5.26. The van der Waals surface area contributed by atoms with Crippen molar-refractivity contribution in [3.05, 3.63) is 57.8 Å². The van der Waals surface area contributed by atoms with Gasteiger partial charge in [-0.25, -0.2) is 0 Å². The lowest BCUT2D eigenvalue weighted by Crippen LogP contribution is -2.49. The van der Waals surface area contributed by atoms with Gasteiger partial charge in [0.15, 0.2) is 5.78 Å². The number of ketones is 1. The lowest BCUT2D eigenvalue weighted by atomic mass is 10.1. The van der Waals surface area contributed by atoms with Crippen LogP contribution in [0, 0.1) is 6.92 Å². The van der Waals surface area contributed by atoms with E-state index in [1.54, 1.807) is 0 Å². The lowest BCUT2D eigenvalue weighted by Gasteiger charge is -2.34. The first-order chi connectivity index (χ1) is 11.1. The Kier molecular flexibility index (Phi) is 4.88. The Hall–Kier alpha value is -1.98. The third-order valence-electron chi connectivity index (χ3n) is 4.09. The van der Waals surface area contributed by atoms with Crippen LogP contribution in [0.15, 0.2) is 41.8 Å². The number of nitrogens with zero attached hydrogens (tertiary/aromatic N) is 2. The molecule has 2 heterocycles. The van der Waals surface area contributed by atoms with E-state index in [0.29, 0.717) is 19.6 Å². The zero-order valence-electron chi connectivity index (χ0n) is 13.2. The van der Waals surface area contributed by atoms with Crippen LogP contribution < -0.4 is 0 Å². The number of rotatable bonds is 4. The molecule has 0 atom stereocenters. The van der Waals surface area contributed by atoms with Gasteiger partial charge in [0, 0.05) is 31.7 Å². The molecule has 3 rings (SSSR count). The van der Waals surface area contributed by atoms with Gasteiger partial charge >= 0.3 is 0 Å². The summed E-state index contributed by atoms with van der Waals surface area (Å²) in [7, 11) is 0. The average Bonchev–Trinajstić information content (AvgIpc) is 3.09. The molecule has 23 heavy (non-hydrogen) atoms. The van der Waals surface area contributed by atoms with Gasteiger partial charge in [-0.2, -0.15) is 0 Å². The fourth-order valence-corrected chi connectivity index (χ4v) is 3.44. The molecule has 120 valence electrons. The van der Waals surface area contributed by atoms with Gasteiger partial charge in [0.05, 0.1) is 11.4 Å². The van der Waals surface area contributed by atoms with Crippen LogP contribution >= 0.6 is 11.3 Å². The summed E-state index contributed by atoms with van der Waals surface area (Å²) in [6.07, 6.45) is 0. The van der Waals surface area contributed by atoms with Crippen molar-refractivity contribution >= 4 is 23.0 Å². The average molecular weight is 328 g/mol. The van der Waals surface area contributed by atoms with Gasteiger partial charge in [0.2, 0.25) is 0 Å². The summed E-state index contributed by atoms with van der Waals surface area (Å²) in [5.41, 5.74) is 1.84. The Morgan fingerprint density at radius 3 is 2.52 bits per heavy atom. The maximum atomic E-state index is 12.5. The maximum absolute atomic E-state index is 12.5. The van der Waals surface area contributed by atoms with Gasteiger partial charge in [-0.15, -0.1) is 11.3 Å². The molecule has 0 spiro atoms. The molecule has 1 saturated heterocycles. The fraction of sp³-hybridized carbons (Fsp3) is 0.333. The third-order valence-corrected chi connectivity index (χ3v) is 5.00. The molecule has 1 fully saturated rings. The molecule has 0 aliphatic carbocycles. The molecule has 1 aliphatic heterocycles. The fourth-order valence-electron chi connectivity index (χ4n) is 2.79. The van der Waals surface area contributed by atoms with Crippen molar-refractivity contribution in [2.75, 3.05) is 32.7 Å². The Labute approximate surface area is 140 Å². The van der Waals surface area contributed by atoms with Crippen LogP contribution in [-0.2, 0) is 0 Å². The molecule has 1 aromatic carbocycles. The van der Waals surface area contributed by atoms with Crippen molar-refractivity contribution in [1.82, 2.24) is 9.80 Å². The van der Waals surface area contributed by atoms with E-state index in [4.69, 9.17) is 0 Å². The number of Topliss-reactive ketones (excluding diaryl/α,β-unsaturated/α-hetero) is 1. The second-order valence-electron chi connectivity index (χ2n) is 5.84. The quantitative estimate of drug-likeness (QED) is 0.810. The highest BCUT2D eigenvalue weighted by Gasteiger charge is 2.23. The van der Waals surface area contributed by atoms with E-state index in [-0.39, 0.29) is 11.7 Å². The highest BCUT2D eigenvalue weighted by Crippen LogP contribution is 2.13. The summed E-state index contributed by atoms with van der Waals surface area (Å²) in [6, 6.07) is 11.5. The van der Waals surface area contributed by atoms with Crippen LogP contribution in [0.4, 0.5) is 0 Å². The minimum atomic E-state index is 0.0814. The predicted molar refractivity (Wildman–Crippen MR) is 92.2 cm³/mol. The molecule has 0 saturated carbocycles. The number of amides is 1. The standard InChI is InChI=1S/C18H20N2O2S/c1-14-4-2-5-15(12-14)18(22)20-9-7-19(8-10-20)13-16(21)17-6-3-11-23-17/h2-6,11-12H,7-10,13H2,1H3. The molecule has 1 aliphatic rings. The number of hydrogen-bond acceptors (Lipinski definition) is 4. The molecular formula is C18H20N2O2S. The Balaban J connectivity index is 1.54. The molecule has 5 heteroatoms. The normalized spacial score (nSPS) is 15.6. The minimum Gasteiger partial charge on any atom is -0.336 e. The number of piperazine rings is 1. The molecular weight excluding hydrogens is 308 g/mol. The van der Waals surface area contributed by atoms with Crippen LogP contribution in [0.5, 0.6) is 0 Å². The summed E-state index contributed by atoms with van der Waals surface area (Å²) in [5.74, 6) is 0.247. The number of hydrogen-bond donors (Lipinski definition) is 0. The highest BCUT2D eigenvalue weighted by atomic mass is 32.1. The van der Waals surface area contributed by atoms with Crippen molar-refractivity contribution < 1.29 is 9.59 Å². The van der Waals surface area contributed by atoms with Crippen LogP contribution in [-0.4, -0.2) is 54.2 Å². The first kappa shape index (κ1) is 15.9. The van der Waals surface area contributed by atoms with Crippen molar-refractivity contribution in [3.63, 3.8) is 0 Å². The molecule has 1 aromatic heterocycles. The van der Waals surface area contributed by atoms with Crippen LogP contribution in [0.25, 0.3) is 0 Å². The van der Waals surface area contributed by atoms with Gasteiger partial charge in [0.1, 0.15) is 0 Å². The largest absolute Gasteiger partial charge is 0.336 e. The monoisotopic (exact) mass is 328 g/mol. The van der Waals surface area contributed by atoms with E-state index in [0.717, 1.165) is 29.1 Å². The Morgan fingerprint density at radius 2 is 1.87 bits per heavy atom. The number of benzene rings is 1. The lowest BCUT2D eigenvalue weighted by molar-refractivity contribution is 0.0625. The van der Waals surface area contributed by atoms with Gasteiger partial charge < -0.3 is 4.90 Å². The zero-order valence-corrected chi connectivity index (χ0v) is 14.0. The van der Waals surface area contributed by atoms with Gasteiger partial charge in [0.25, 0.3) is 5.91 Å². The highest BCUT2D eigenvalue weighted by molar-refractivity contribution is 7.12. The summed E-state index contributed by atoms with van der Waals surface area (Å²) >= 11 is 1.48. The zero-order chi connectivity index (χ0) is 16.2. The van der Waals surface area contributed by atoms with Crippen molar-refractivity contribution in [3.8, 4) is 0 Å². The molecule has 1 amide bonds. The minimum absolute atomic E-state index is 0.0814. The van der Waals surface area contributed by atoms with Crippen molar-refractivity contribution in [2.45, 2.75) is 6.92 Å². The Bertz CT molecular complexity index is 689. The summed E-state index contributed by atoms with van der Waals surface area (Å²) < 4.78 is 0. The number of thiophene rings is 1. The Morgan fingerprint density at radius 1 is 1.09 bits per heavy atom. The van der Waals surface area contributed by atoms with E-state index < -0.39 is 0 Å². The first-order valence-electron chi connectivity index (χ1n) is 7.78. The third kappa shape index (κ3) is 3.86. The maximum Gasteiger partial charge on any atom is 0.253 e. The second-order valence-corrected chi connectivity index (χ2v) is 6.79. The van der Waals surface area contributed by atoms with Crippen molar-refractivity contribution in [2.24, 2.45) is 0 Å². The molecule has 0 N–H and O–H groups in total. The summed E-state index contributed by atoms with van der Waals surface area (Å²) in [5, 5.41) is 1.92. The summed E-state index contributed by atoms with van der Waals surface area (Å²) in [4.78, 5) is 29.5. The van der Waals surface area contributed by atoms with Crippen LogP contribution in [0.3, 0.4) is 0 Å². The van der Waals surface area contributed by atoms with Crippen LogP contribution in [0.1, 0.15) is 25.6 Å². The van der Waals surface area contributed by atoms with Gasteiger partial charge in [-0.05, 0) is 30.5 Å². The smallest absolute Gasteiger partial charge is 0.253 e. The number of carbonyl (C=O) groups excluding carboxylic acids is 2. The van der Waals surface area contributed by atoms with E-state index in [1.807, 2.05) is 53.6 Å². The molecule has 0 radical (unpaired) electrons. The molecule has 4 nitrogen and oxygen atoms in total. The van der Waals surface area contributed by atoms with Crippen LogP contribution in [0.2, 0.25) is 0 Å². The van der Waals surface area contributed by atoms with E-state index in [9.17, 15) is 9.59 Å². The second kappa shape index (κ2) is 7.06. The molecule has 2 aromatic rings. The van der Waals surface area contributed by atoms with E-state index >= 15 is 0 Å². The number of aryl methyl sites for hydroxylation is 1. The molecule has 0 unspecified atom stereocenters. The predicted octanol–water partition coefficient (Wildman–Crippen LogP) is 2.70. The van der Waals surface area contributed by atoms with E-state index in [2.05, 4.69) is 4.90 Å². The van der Waals surface area contributed by atoms with E-state index in [1.165, 1.54) is 11.3 Å². The topological polar surface area (TPSA) is 40.6 Å². The first-order valence-corrected chi connectivity index (χ1v) is 8.66. The SMILES string of the molecule is Cc1cccc(C(=O)N2CCN(CC(=O)c3cccs3)CC2)c1. The number of carbonyl (C=O) groups is 2. The van der Waals surface area contributed by atoms with Gasteiger partial charge in [-0.3, -0.25) is 14.5 Å².